The van der Waals surface area contributed by atoms with Crippen LogP contribution in [0.2, 0.25) is 0 Å². The minimum atomic E-state index is -0.783. The lowest BCUT2D eigenvalue weighted by molar-refractivity contribution is -0.167. The van der Waals surface area contributed by atoms with E-state index >= 15 is 0 Å². The van der Waals surface area contributed by atoms with Gasteiger partial charge in [-0.25, -0.2) is 0 Å². The van der Waals surface area contributed by atoms with E-state index in [0.717, 1.165) is 83.5 Å². The number of ether oxygens (including phenoxy) is 3. The second-order valence-corrected chi connectivity index (χ2v) is 21.8. The van der Waals surface area contributed by atoms with Crippen LogP contribution in [0.3, 0.4) is 0 Å². The van der Waals surface area contributed by atoms with Gasteiger partial charge in [-0.2, -0.15) is 0 Å². The Balaban J connectivity index is 4.38. The lowest BCUT2D eigenvalue weighted by Gasteiger charge is -2.18. The second kappa shape index (κ2) is 62.6. The lowest BCUT2D eigenvalue weighted by atomic mass is 10.0. The van der Waals surface area contributed by atoms with Crippen molar-refractivity contribution < 1.29 is 28.6 Å². The Bertz CT molecular complexity index is 1330. The molecule has 0 saturated carbocycles. The normalized spacial score (nSPS) is 12.4. The molecular formula is C68H122O6. The van der Waals surface area contributed by atoms with Gasteiger partial charge in [0.1, 0.15) is 13.2 Å². The molecule has 0 spiro atoms. The third-order valence-electron chi connectivity index (χ3n) is 14.4. The van der Waals surface area contributed by atoms with Gasteiger partial charge in [0.2, 0.25) is 0 Å². The minimum Gasteiger partial charge on any atom is -0.462 e. The van der Waals surface area contributed by atoms with Gasteiger partial charge in [0.15, 0.2) is 6.10 Å². The van der Waals surface area contributed by atoms with Crippen LogP contribution in [0.4, 0.5) is 0 Å². The van der Waals surface area contributed by atoms with E-state index in [2.05, 4.69) is 57.2 Å². The van der Waals surface area contributed by atoms with Gasteiger partial charge < -0.3 is 14.2 Å². The van der Waals surface area contributed by atoms with Crippen LogP contribution in [0, 0.1) is 0 Å². The third-order valence-corrected chi connectivity index (χ3v) is 14.4. The molecule has 0 radical (unpaired) electrons. The molecule has 1 unspecified atom stereocenters. The average molecular weight is 1040 g/mol. The third kappa shape index (κ3) is 60.0. The van der Waals surface area contributed by atoms with Gasteiger partial charge in [-0.1, -0.05) is 338 Å². The van der Waals surface area contributed by atoms with Gasteiger partial charge in [-0.05, 0) is 38.5 Å². The zero-order valence-electron chi connectivity index (χ0n) is 49.4. The van der Waals surface area contributed by atoms with Crippen molar-refractivity contribution in [3.05, 3.63) is 60.8 Å². The molecule has 6 heteroatoms. The van der Waals surface area contributed by atoms with E-state index in [4.69, 9.17) is 14.2 Å². The number of esters is 3. The molecule has 0 aliphatic heterocycles. The fourth-order valence-corrected chi connectivity index (χ4v) is 9.54. The van der Waals surface area contributed by atoms with Crippen LogP contribution in [0.5, 0.6) is 0 Å². The summed E-state index contributed by atoms with van der Waals surface area (Å²) in [7, 11) is 0. The molecule has 0 fully saturated rings. The van der Waals surface area contributed by atoms with Crippen LogP contribution < -0.4 is 0 Å². The first-order valence-corrected chi connectivity index (χ1v) is 32.4. The van der Waals surface area contributed by atoms with Gasteiger partial charge in [0, 0.05) is 19.3 Å². The molecule has 0 aliphatic rings. The Hall–Kier alpha value is -2.89. The van der Waals surface area contributed by atoms with Crippen LogP contribution in [0.15, 0.2) is 60.8 Å². The first-order chi connectivity index (χ1) is 36.5. The van der Waals surface area contributed by atoms with Crippen molar-refractivity contribution in [2.75, 3.05) is 13.2 Å². The predicted molar refractivity (Wildman–Crippen MR) is 321 cm³/mol. The van der Waals surface area contributed by atoms with Crippen molar-refractivity contribution in [2.45, 2.75) is 341 Å². The fraction of sp³-hybridized carbons (Fsp3) is 0.809. The van der Waals surface area contributed by atoms with E-state index < -0.39 is 6.10 Å². The van der Waals surface area contributed by atoms with Crippen molar-refractivity contribution in [1.82, 2.24) is 0 Å². The van der Waals surface area contributed by atoms with Crippen LogP contribution in [0.25, 0.3) is 0 Å². The van der Waals surface area contributed by atoms with Crippen molar-refractivity contribution >= 4 is 17.9 Å². The molecule has 6 nitrogen and oxygen atoms in total. The van der Waals surface area contributed by atoms with E-state index in [-0.39, 0.29) is 31.1 Å². The smallest absolute Gasteiger partial charge is 0.306 e. The molecule has 0 amide bonds. The zero-order chi connectivity index (χ0) is 53.6. The summed E-state index contributed by atoms with van der Waals surface area (Å²) in [6.45, 7) is 6.59. The Morgan fingerprint density at radius 2 is 0.514 bits per heavy atom. The van der Waals surface area contributed by atoms with Crippen LogP contribution >= 0.6 is 0 Å². The number of unbranched alkanes of at least 4 members (excludes halogenated alkanes) is 42. The highest BCUT2D eigenvalue weighted by molar-refractivity contribution is 5.71. The molecule has 430 valence electrons. The summed E-state index contributed by atoms with van der Waals surface area (Å²) in [4.78, 5) is 38.3. The Labute approximate surface area is 460 Å². The number of carbonyl (C=O) groups excluding carboxylic acids is 3. The highest BCUT2D eigenvalue weighted by atomic mass is 16.6. The molecule has 0 N–H and O–H groups in total. The average Bonchev–Trinajstić information content (AvgIpc) is 3.40. The molecule has 0 aromatic heterocycles. The minimum absolute atomic E-state index is 0.0779. The number of carbonyl (C=O) groups is 3. The van der Waals surface area contributed by atoms with Crippen molar-refractivity contribution in [3.63, 3.8) is 0 Å². The van der Waals surface area contributed by atoms with Gasteiger partial charge in [0.05, 0.1) is 0 Å². The highest BCUT2D eigenvalue weighted by Crippen LogP contribution is 2.18. The fourth-order valence-electron chi connectivity index (χ4n) is 9.54. The maximum absolute atomic E-state index is 12.9. The molecule has 74 heavy (non-hydrogen) atoms. The van der Waals surface area contributed by atoms with Gasteiger partial charge in [-0.15, -0.1) is 0 Å². The number of allylic oxidation sites excluding steroid dienone is 10. The van der Waals surface area contributed by atoms with Gasteiger partial charge >= 0.3 is 17.9 Å². The summed E-state index contributed by atoms with van der Waals surface area (Å²) >= 11 is 0. The maximum Gasteiger partial charge on any atom is 0.306 e. The molecule has 1 atom stereocenters. The maximum atomic E-state index is 12.9. The number of hydrogen-bond donors (Lipinski definition) is 0. The summed E-state index contributed by atoms with van der Waals surface area (Å²) in [5.41, 5.74) is 0. The zero-order valence-corrected chi connectivity index (χ0v) is 49.4. The van der Waals surface area contributed by atoms with Crippen LogP contribution in [-0.4, -0.2) is 37.2 Å². The first-order valence-electron chi connectivity index (χ1n) is 32.4. The topological polar surface area (TPSA) is 78.9 Å². The molecule has 0 aliphatic carbocycles. The number of rotatable bonds is 59. The summed E-state index contributed by atoms with van der Waals surface area (Å²) in [5, 5.41) is 0. The first kappa shape index (κ1) is 71.1. The van der Waals surface area contributed by atoms with Crippen molar-refractivity contribution in [2.24, 2.45) is 0 Å². The SMILES string of the molecule is CCC\C=C/C=C\C=C/C=C\C=C/CCCCCCCC(=O)OCC(COC(=O)CCCCCCCCCCCCCCCCCCCCC)OC(=O)CCCCCCCCCCCCCCCCCCCCC. The molecule has 0 saturated heterocycles. The van der Waals surface area contributed by atoms with E-state index in [9.17, 15) is 14.4 Å². The quantitative estimate of drug-likeness (QED) is 0.0261. The van der Waals surface area contributed by atoms with Crippen molar-refractivity contribution in [1.29, 1.82) is 0 Å². The monoisotopic (exact) mass is 1030 g/mol. The second-order valence-electron chi connectivity index (χ2n) is 21.8. The van der Waals surface area contributed by atoms with E-state index in [0.29, 0.717) is 19.3 Å². The Kier molecular flexibility index (Phi) is 60.2. The molecular weight excluding hydrogens is 913 g/mol. The molecule has 0 bridgehead atoms. The molecule has 0 heterocycles. The number of hydrogen-bond acceptors (Lipinski definition) is 6. The summed E-state index contributed by atoms with van der Waals surface area (Å²) in [6, 6.07) is 0. The summed E-state index contributed by atoms with van der Waals surface area (Å²) in [5.74, 6) is -0.881. The molecule has 0 aromatic carbocycles. The standard InChI is InChI=1S/C68H122O6/c1-4-7-10-13-16-19-22-25-28-31-34-37-40-43-46-49-52-55-58-61-67(70)73-64-65(63-72-66(69)60-57-54-51-48-45-42-39-36-33-30-27-24-21-18-15-12-9-6-3)74-68(71)62-59-56-53-50-47-44-41-38-35-32-29-26-23-20-17-14-11-8-5-2/h12,15,18,21,24,27,30,33,36,39,65H,4-11,13-14,16-17,19-20,22-23,25-26,28-29,31-32,34-35,37-38,40-64H2,1-3H3/b15-12-,21-18-,27-24-,33-30-,39-36-. The van der Waals surface area contributed by atoms with E-state index in [1.165, 1.54) is 212 Å². The summed E-state index contributed by atoms with van der Waals surface area (Å²) in [6.07, 6.45) is 79.3. The molecule has 0 rings (SSSR count). The lowest BCUT2D eigenvalue weighted by Crippen LogP contribution is -2.30. The predicted octanol–water partition coefficient (Wildman–Crippen LogP) is 21.9. The van der Waals surface area contributed by atoms with Gasteiger partial charge in [0.25, 0.3) is 0 Å². The van der Waals surface area contributed by atoms with Crippen LogP contribution in [0.1, 0.15) is 335 Å². The van der Waals surface area contributed by atoms with E-state index in [1.54, 1.807) is 0 Å². The van der Waals surface area contributed by atoms with Gasteiger partial charge in [-0.3, -0.25) is 14.4 Å². The Morgan fingerprint density at radius 3 is 0.811 bits per heavy atom. The molecule has 0 aromatic rings. The van der Waals surface area contributed by atoms with Crippen LogP contribution in [-0.2, 0) is 28.6 Å². The highest BCUT2D eigenvalue weighted by Gasteiger charge is 2.19. The summed E-state index contributed by atoms with van der Waals surface area (Å²) < 4.78 is 16.9. The van der Waals surface area contributed by atoms with E-state index in [1.807, 2.05) is 24.3 Å². The largest absolute Gasteiger partial charge is 0.462 e. The van der Waals surface area contributed by atoms with Crippen molar-refractivity contribution in [3.8, 4) is 0 Å². The Morgan fingerprint density at radius 1 is 0.270 bits per heavy atom.